The molecule has 0 bridgehead atoms. The molecule has 0 aliphatic carbocycles. The van der Waals surface area contributed by atoms with Crippen LogP contribution in [0.4, 0.5) is 0 Å². The third-order valence-corrected chi connectivity index (χ3v) is 6.90. The van der Waals surface area contributed by atoms with Gasteiger partial charge in [-0.05, 0) is 29.0 Å². The van der Waals surface area contributed by atoms with Crippen LogP contribution >= 0.6 is 0 Å². The van der Waals surface area contributed by atoms with Crippen LogP contribution in [-0.4, -0.2) is 57.9 Å². The van der Waals surface area contributed by atoms with Gasteiger partial charge in [-0.1, -0.05) is 76.2 Å². The predicted molar refractivity (Wildman–Crippen MR) is 153 cm³/mol. The molecule has 10 nitrogen and oxygen atoms in total. The third kappa shape index (κ3) is 7.92. The van der Waals surface area contributed by atoms with Crippen molar-refractivity contribution in [2.75, 3.05) is 0 Å². The molecule has 4 atom stereocenters. The van der Waals surface area contributed by atoms with E-state index in [-0.39, 0.29) is 24.7 Å². The van der Waals surface area contributed by atoms with Crippen molar-refractivity contribution in [1.82, 2.24) is 20.9 Å². The summed E-state index contributed by atoms with van der Waals surface area (Å²) in [5.74, 6) is -3.35. The summed E-state index contributed by atoms with van der Waals surface area (Å²) in [4.78, 5) is 54.7. The van der Waals surface area contributed by atoms with Gasteiger partial charge in [0, 0.05) is 29.9 Å². The Hall–Kier alpha value is -4.18. The van der Waals surface area contributed by atoms with Crippen molar-refractivity contribution in [2.24, 2.45) is 17.6 Å². The van der Waals surface area contributed by atoms with E-state index in [0.29, 0.717) is 0 Å². The van der Waals surface area contributed by atoms with Crippen LogP contribution in [0.15, 0.2) is 60.8 Å². The molecule has 1 heterocycles. The molecule has 0 fully saturated rings. The Morgan fingerprint density at radius 2 is 1.40 bits per heavy atom. The number of carbonyl (C=O) groups is 4. The van der Waals surface area contributed by atoms with Crippen molar-refractivity contribution in [3.8, 4) is 0 Å². The fourth-order valence-corrected chi connectivity index (χ4v) is 4.40. The molecule has 0 aliphatic heterocycles. The van der Waals surface area contributed by atoms with Crippen LogP contribution < -0.4 is 21.7 Å². The summed E-state index contributed by atoms with van der Waals surface area (Å²) in [5, 5.41) is 18.8. The summed E-state index contributed by atoms with van der Waals surface area (Å²) in [6.07, 6.45) is 1.98. The second-order valence-electron chi connectivity index (χ2n) is 10.7. The molecular weight excluding hydrogens is 510 g/mol. The van der Waals surface area contributed by atoms with E-state index in [1.807, 2.05) is 68.4 Å². The van der Waals surface area contributed by atoms with Gasteiger partial charge in [0.05, 0.1) is 6.04 Å². The number of aromatic amines is 1. The van der Waals surface area contributed by atoms with Gasteiger partial charge in [0.25, 0.3) is 0 Å². The molecule has 4 unspecified atom stereocenters. The van der Waals surface area contributed by atoms with E-state index in [0.717, 1.165) is 22.0 Å². The van der Waals surface area contributed by atoms with Gasteiger partial charge >= 0.3 is 5.97 Å². The number of fused-ring (bicyclic) bond motifs is 1. The SMILES string of the molecule is CC(C)C(N)C(=O)NC(Cc1ccccc1)C(=O)NC(C(=O)NC(Cc1c[nH]c2ccccc12)C(=O)O)C(C)C. The lowest BCUT2D eigenvalue weighted by Crippen LogP contribution is -2.59. The molecule has 0 saturated carbocycles. The summed E-state index contributed by atoms with van der Waals surface area (Å²) in [5.41, 5.74) is 8.44. The maximum Gasteiger partial charge on any atom is 0.326 e. The molecule has 214 valence electrons. The molecule has 40 heavy (non-hydrogen) atoms. The molecule has 0 aliphatic rings. The number of rotatable bonds is 13. The lowest BCUT2D eigenvalue weighted by molar-refractivity contribution is -0.142. The van der Waals surface area contributed by atoms with Crippen molar-refractivity contribution in [3.63, 3.8) is 0 Å². The molecule has 3 amide bonds. The fraction of sp³-hybridized carbons (Fsp3) is 0.400. The zero-order chi connectivity index (χ0) is 29.4. The van der Waals surface area contributed by atoms with Gasteiger partial charge in [-0.25, -0.2) is 4.79 Å². The van der Waals surface area contributed by atoms with Crippen LogP contribution in [0.1, 0.15) is 38.8 Å². The number of nitrogens with one attached hydrogen (secondary N) is 4. The second kappa shape index (κ2) is 13.7. The second-order valence-corrected chi connectivity index (χ2v) is 10.7. The molecule has 0 saturated heterocycles. The quantitative estimate of drug-likeness (QED) is 0.191. The van der Waals surface area contributed by atoms with Crippen LogP contribution in [0, 0.1) is 11.8 Å². The van der Waals surface area contributed by atoms with E-state index in [2.05, 4.69) is 20.9 Å². The topological polar surface area (TPSA) is 166 Å². The summed E-state index contributed by atoms with van der Waals surface area (Å²) in [6.45, 7) is 7.12. The van der Waals surface area contributed by atoms with E-state index in [1.165, 1.54) is 0 Å². The fourth-order valence-electron chi connectivity index (χ4n) is 4.40. The Bertz CT molecular complexity index is 1320. The number of carboxylic acids is 1. The smallest absolute Gasteiger partial charge is 0.326 e. The maximum absolute atomic E-state index is 13.5. The van der Waals surface area contributed by atoms with Gasteiger partial charge < -0.3 is 31.8 Å². The third-order valence-electron chi connectivity index (χ3n) is 6.90. The molecule has 3 aromatic rings. The summed E-state index contributed by atoms with van der Waals surface area (Å²) < 4.78 is 0. The molecule has 10 heteroatoms. The lowest BCUT2D eigenvalue weighted by Gasteiger charge is -2.27. The van der Waals surface area contributed by atoms with E-state index in [4.69, 9.17) is 5.73 Å². The number of aromatic nitrogens is 1. The zero-order valence-corrected chi connectivity index (χ0v) is 23.3. The Morgan fingerprint density at radius 1 is 0.775 bits per heavy atom. The number of aliphatic carboxylic acids is 1. The van der Waals surface area contributed by atoms with Crippen LogP contribution in [0.5, 0.6) is 0 Å². The first-order chi connectivity index (χ1) is 19.0. The molecule has 0 spiro atoms. The molecule has 2 aromatic carbocycles. The van der Waals surface area contributed by atoms with Crippen molar-refractivity contribution in [3.05, 3.63) is 71.9 Å². The van der Waals surface area contributed by atoms with Gasteiger partial charge in [-0.2, -0.15) is 0 Å². The molecule has 3 rings (SSSR count). The number of hydrogen-bond acceptors (Lipinski definition) is 5. The summed E-state index contributed by atoms with van der Waals surface area (Å²) in [6, 6.07) is 12.6. The highest BCUT2D eigenvalue weighted by molar-refractivity contribution is 5.94. The molecule has 1 aromatic heterocycles. The minimum atomic E-state index is -1.21. The number of hydrogen-bond donors (Lipinski definition) is 6. The zero-order valence-electron chi connectivity index (χ0n) is 23.3. The molecular formula is C30H39N5O5. The lowest BCUT2D eigenvalue weighted by atomic mass is 9.99. The number of para-hydroxylation sites is 1. The number of amides is 3. The van der Waals surface area contributed by atoms with E-state index < -0.39 is 47.9 Å². The number of H-pyrrole nitrogens is 1. The maximum atomic E-state index is 13.5. The highest BCUT2D eigenvalue weighted by Crippen LogP contribution is 2.19. The van der Waals surface area contributed by atoms with Crippen LogP contribution in [0.3, 0.4) is 0 Å². The number of nitrogens with two attached hydrogens (primary N) is 1. The first-order valence-corrected chi connectivity index (χ1v) is 13.5. The van der Waals surface area contributed by atoms with Gasteiger partial charge in [0.1, 0.15) is 18.1 Å². The van der Waals surface area contributed by atoms with Crippen molar-refractivity contribution in [1.29, 1.82) is 0 Å². The van der Waals surface area contributed by atoms with Crippen molar-refractivity contribution in [2.45, 2.75) is 64.7 Å². The van der Waals surface area contributed by atoms with Gasteiger partial charge in [-0.3, -0.25) is 14.4 Å². The minimum Gasteiger partial charge on any atom is -0.480 e. The van der Waals surface area contributed by atoms with Crippen LogP contribution in [0.2, 0.25) is 0 Å². The van der Waals surface area contributed by atoms with Crippen molar-refractivity contribution < 1.29 is 24.3 Å². The minimum absolute atomic E-state index is 0.0592. The Morgan fingerprint density at radius 3 is 2.02 bits per heavy atom. The number of carbonyl (C=O) groups excluding carboxylic acids is 3. The highest BCUT2D eigenvalue weighted by Gasteiger charge is 2.32. The first kappa shape index (κ1) is 30.4. The Labute approximate surface area is 234 Å². The van der Waals surface area contributed by atoms with Crippen LogP contribution in [0.25, 0.3) is 10.9 Å². The number of carboxylic acid groups (broad SMARTS) is 1. The average molecular weight is 550 g/mol. The van der Waals surface area contributed by atoms with Gasteiger partial charge in [-0.15, -0.1) is 0 Å². The average Bonchev–Trinajstić information content (AvgIpc) is 3.33. The Balaban J connectivity index is 1.76. The van der Waals surface area contributed by atoms with E-state index >= 15 is 0 Å². The summed E-state index contributed by atoms with van der Waals surface area (Å²) in [7, 11) is 0. The van der Waals surface area contributed by atoms with Crippen LogP contribution in [-0.2, 0) is 32.0 Å². The van der Waals surface area contributed by atoms with Gasteiger partial charge in [0.15, 0.2) is 0 Å². The number of benzene rings is 2. The largest absolute Gasteiger partial charge is 0.480 e. The molecule has 0 radical (unpaired) electrons. The normalized spacial score (nSPS) is 14.4. The standard InChI is InChI=1S/C30H39N5O5/c1-17(2)25(31)28(37)33-23(14-19-10-6-5-7-11-19)27(36)35-26(18(3)4)29(38)34-24(30(39)40)15-20-16-32-22-13-9-8-12-21(20)22/h5-13,16-18,23-26,32H,14-15,31H2,1-4H3,(H,33,37)(H,34,38)(H,35,36)(H,39,40). The van der Waals surface area contributed by atoms with E-state index in [1.54, 1.807) is 20.0 Å². The van der Waals surface area contributed by atoms with Gasteiger partial charge in [0.2, 0.25) is 17.7 Å². The molecule has 7 N–H and O–H groups in total. The van der Waals surface area contributed by atoms with Crippen molar-refractivity contribution >= 4 is 34.6 Å². The van der Waals surface area contributed by atoms with E-state index in [9.17, 15) is 24.3 Å². The Kier molecular flexibility index (Phi) is 10.4. The first-order valence-electron chi connectivity index (χ1n) is 13.5. The predicted octanol–water partition coefficient (Wildman–Crippen LogP) is 2.13. The summed E-state index contributed by atoms with van der Waals surface area (Å²) >= 11 is 0. The monoisotopic (exact) mass is 549 g/mol. The highest BCUT2D eigenvalue weighted by atomic mass is 16.4.